The number of nitro groups is 4. The minimum Gasteiger partial charge on any atom is -0.461 e. The molecule has 0 amide bonds. The lowest BCUT2D eigenvalue weighted by molar-refractivity contribution is -0.384. The molecule has 1 aliphatic rings. The molecule has 1 fully saturated rings. The van der Waals surface area contributed by atoms with Crippen LogP contribution in [0.1, 0.15) is 54.3 Å². The number of ether oxygens (including phenoxy) is 4. The van der Waals surface area contributed by atoms with Gasteiger partial charge < -0.3 is 18.9 Å². The number of hydrogen-bond acceptors (Lipinski definition) is 17. The van der Waals surface area contributed by atoms with Crippen LogP contribution in [0.3, 0.4) is 0 Å². The summed E-state index contributed by atoms with van der Waals surface area (Å²) < 4.78 is 21.9. The van der Waals surface area contributed by atoms with Crippen LogP contribution >= 0.6 is 46.4 Å². The van der Waals surface area contributed by atoms with Gasteiger partial charge in [0.1, 0.15) is 46.5 Å². The first-order valence-electron chi connectivity index (χ1n) is 17.2. The lowest BCUT2D eigenvalue weighted by atomic mass is 9.79. The fraction of sp³-hybridized carbons (Fsp3) is 0.216. The Morgan fingerprint density at radius 2 is 0.661 bits per heavy atom. The first-order valence-corrected chi connectivity index (χ1v) is 18.7. The molecule has 62 heavy (non-hydrogen) atoms. The molecule has 0 aliphatic heterocycles. The van der Waals surface area contributed by atoms with E-state index in [0.717, 1.165) is 72.8 Å². The maximum atomic E-state index is 14.9. The van der Waals surface area contributed by atoms with E-state index in [1.54, 1.807) is 0 Å². The summed E-state index contributed by atoms with van der Waals surface area (Å²) in [6.07, 6.45) is -0.674. The molecule has 1 saturated carbocycles. The van der Waals surface area contributed by atoms with Crippen molar-refractivity contribution in [3.8, 4) is 0 Å². The van der Waals surface area contributed by atoms with Gasteiger partial charge in [-0.2, -0.15) is 0 Å². The van der Waals surface area contributed by atoms with Gasteiger partial charge in [-0.15, -0.1) is 0 Å². The van der Waals surface area contributed by atoms with Crippen molar-refractivity contribution < 1.29 is 62.6 Å². The number of esters is 4. The van der Waals surface area contributed by atoms with Crippen LogP contribution in [0.15, 0.2) is 72.8 Å². The van der Waals surface area contributed by atoms with Crippen LogP contribution < -0.4 is 0 Å². The smallest absolute Gasteiger partial charge is 0.338 e. The Kier molecular flexibility index (Phi) is 14.1. The van der Waals surface area contributed by atoms with Gasteiger partial charge in [0.05, 0.1) is 52.8 Å². The molecule has 0 unspecified atom stereocenters. The largest absolute Gasteiger partial charge is 0.461 e. The molecule has 0 bridgehead atoms. The molecule has 5 rings (SSSR count). The van der Waals surface area contributed by atoms with Crippen LogP contribution in [0.4, 0.5) is 22.7 Å². The predicted molar refractivity (Wildman–Crippen MR) is 213 cm³/mol. The monoisotopic (exact) mass is 936 g/mol. The summed E-state index contributed by atoms with van der Waals surface area (Å²) in [5.74, 6) is -5.56. The highest BCUT2D eigenvalue weighted by Gasteiger charge is 2.59. The fourth-order valence-electron chi connectivity index (χ4n) is 6.18. The molecular weight excluding hydrogens is 914 g/mol. The molecule has 1 aliphatic carbocycles. The summed E-state index contributed by atoms with van der Waals surface area (Å²) in [4.78, 5) is 110. The van der Waals surface area contributed by atoms with E-state index in [2.05, 4.69) is 0 Å². The van der Waals surface area contributed by atoms with Gasteiger partial charge in [0, 0.05) is 24.3 Å². The van der Waals surface area contributed by atoms with Crippen molar-refractivity contribution in [3.05, 3.63) is 156 Å². The Hall–Kier alpha value is -6.81. The van der Waals surface area contributed by atoms with Gasteiger partial charge in [0.15, 0.2) is 5.78 Å². The quantitative estimate of drug-likeness (QED) is 0.0444. The van der Waals surface area contributed by atoms with Gasteiger partial charge in [-0.05, 0) is 61.4 Å². The van der Waals surface area contributed by atoms with Crippen molar-refractivity contribution in [1.82, 2.24) is 0 Å². The van der Waals surface area contributed by atoms with Crippen LogP contribution in [0.5, 0.6) is 0 Å². The summed E-state index contributed by atoms with van der Waals surface area (Å²) in [7, 11) is 0. The third-order valence-electron chi connectivity index (χ3n) is 9.48. The Balaban J connectivity index is 1.50. The van der Waals surface area contributed by atoms with Crippen molar-refractivity contribution in [2.45, 2.75) is 12.8 Å². The SMILES string of the molecule is O=C(OCC1(COC(=O)c2ccc([N+](=O)[O-])c(Cl)c2)CCC(COC(=O)c2ccc([N+](=O)[O-])c(Cl)c2)(COC(=O)c2ccc([N+](=O)[O-])c(Cl)c2)C1=O)c1ccc([N+](=O)[O-])c(Cl)c1. The van der Waals surface area contributed by atoms with Crippen molar-refractivity contribution in [2.24, 2.45) is 10.8 Å². The number of nitro benzene ring substituents is 4. The summed E-state index contributed by atoms with van der Waals surface area (Å²) in [5.41, 5.74) is -7.40. The van der Waals surface area contributed by atoms with Gasteiger partial charge in [0.25, 0.3) is 22.7 Å². The first kappa shape index (κ1) is 46.3. The molecule has 322 valence electrons. The number of benzene rings is 4. The Bertz CT molecular complexity index is 2260. The van der Waals surface area contributed by atoms with E-state index < -0.39 is 129 Å². The number of rotatable bonds is 16. The molecule has 0 saturated heterocycles. The van der Waals surface area contributed by atoms with Crippen LogP contribution in [-0.4, -0.2) is 75.8 Å². The van der Waals surface area contributed by atoms with E-state index in [1.807, 2.05) is 0 Å². The molecule has 0 N–H and O–H groups in total. The standard InChI is InChI=1S/C37H24Cl4N4O17/c38-23-11-19(1-5-27(23)42(51)52)31(46)59-15-36(16-60-32(47)20-2-6-28(43(53)54)24(39)12-20)9-10-37(35(36)50,17-61-33(48)21-3-7-29(44(55)56)25(40)13-21)18-62-34(49)22-4-8-30(45(57)58)26(41)14-22/h1-8,11-14H,9-10,15-18H2. The van der Waals surface area contributed by atoms with E-state index in [1.165, 1.54) is 0 Å². The van der Waals surface area contributed by atoms with Crippen LogP contribution in [0, 0.1) is 51.3 Å². The lowest BCUT2D eigenvalue weighted by Crippen LogP contribution is -2.47. The molecule has 0 radical (unpaired) electrons. The number of ketones is 1. The van der Waals surface area contributed by atoms with E-state index in [9.17, 15) is 64.4 Å². The van der Waals surface area contributed by atoms with Gasteiger partial charge in [0.2, 0.25) is 0 Å². The van der Waals surface area contributed by atoms with Crippen molar-refractivity contribution in [2.75, 3.05) is 26.4 Å². The number of hydrogen-bond donors (Lipinski definition) is 0. The average molecular weight is 938 g/mol. The maximum Gasteiger partial charge on any atom is 0.338 e. The van der Waals surface area contributed by atoms with Gasteiger partial charge in [-0.3, -0.25) is 45.3 Å². The molecule has 0 heterocycles. The summed E-state index contributed by atoms with van der Waals surface area (Å²) in [5, 5.41) is 43.3. The number of nitrogens with zero attached hydrogens (tertiary/aromatic N) is 4. The first-order chi connectivity index (χ1) is 29.2. The summed E-state index contributed by atoms with van der Waals surface area (Å²) in [6.45, 7) is -3.53. The second-order valence-corrected chi connectivity index (χ2v) is 15.0. The summed E-state index contributed by atoms with van der Waals surface area (Å²) in [6, 6.07) is 11.5. The fourth-order valence-corrected chi connectivity index (χ4v) is 7.18. The Morgan fingerprint density at radius 3 is 0.839 bits per heavy atom. The van der Waals surface area contributed by atoms with Crippen molar-refractivity contribution in [3.63, 3.8) is 0 Å². The second kappa shape index (κ2) is 18.8. The molecule has 0 aromatic heterocycles. The predicted octanol–water partition coefficient (Wildman–Crippen LogP) is 8.00. The van der Waals surface area contributed by atoms with Gasteiger partial charge in [-0.25, -0.2) is 19.2 Å². The van der Waals surface area contributed by atoms with E-state index in [-0.39, 0.29) is 35.1 Å². The van der Waals surface area contributed by atoms with E-state index in [0.29, 0.717) is 0 Å². The minimum absolute atomic E-state index is 0.295. The summed E-state index contributed by atoms with van der Waals surface area (Å²) >= 11 is 23.9. The Morgan fingerprint density at radius 1 is 0.452 bits per heavy atom. The third kappa shape index (κ3) is 10.0. The van der Waals surface area contributed by atoms with Crippen LogP contribution in [0.25, 0.3) is 0 Å². The van der Waals surface area contributed by atoms with Crippen molar-refractivity contribution in [1.29, 1.82) is 0 Å². The van der Waals surface area contributed by atoms with Crippen LogP contribution in [0.2, 0.25) is 20.1 Å². The maximum absolute atomic E-state index is 14.9. The highest BCUT2D eigenvalue weighted by Crippen LogP contribution is 2.48. The number of carbonyl (C=O) groups excluding carboxylic acids is 5. The van der Waals surface area contributed by atoms with Gasteiger partial charge >= 0.3 is 23.9 Å². The van der Waals surface area contributed by atoms with Gasteiger partial charge in [-0.1, -0.05) is 46.4 Å². The number of halogens is 4. The molecule has 0 atom stereocenters. The highest BCUT2D eigenvalue weighted by molar-refractivity contribution is 6.34. The number of carbonyl (C=O) groups is 5. The zero-order valence-corrected chi connectivity index (χ0v) is 33.9. The topological polar surface area (TPSA) is 295 Å². The average Bonchev–Trinajstić information content (AvgIpc) is 3.49. The lowest BCUT2D eigenvalue weighted by Gasteiger charge is -2.31. The molecule has 25 heteroatoms. The minimum atomic E-state index is -2.04. The van der Waals surface area contributed by atoms with Crippen LogP contribution in [-0.2, 0) is 23.7 Å². The molecular formula is C37H24Cl4N4O17. The molecule has 0 spiro atoms. The third-order valence-corrected chi connectivity index (χ3v) is 10.7. The zero-order chi connectivity index (χ0) is 45.7. The molecule has 4 aromatic rings. The van der Waals surface area contributed by atoms with E-state index >= 15 is 0 Å². The second-order valence-electron chi connectivity index (χ2n) is 13.4. The molecule has 21 nitrogen and oxygen atoms in total. The highest BCUT2D eigenvalue weighted by atomic mass is 35.5. The normalized spacial score (nSPS) is 13.7. The Labute approximate surface area is 365 Å². The zero-order valence-electron chi connectivity index (χ0n) is 30.9. The van der Waals surface area contributed by atoms with E-state index in [4.69, 9.17) is 65.4 Å². The number of Topliss-reactive ketones (excluding diaryl/α,β-unsaturated/α-hetero) is 1. The van der Waals surface area contributed by atoms with Crippen molar-refractivity contribution >= 4 is 98.8 Å². The molecule has 4 aromatic carbocycles.